The average Bonchev–Trinajstić information content (AvgIpc) is 3.23. The van der Waals surface area contributed by atoms with Crippen LogP contribution in [0.15, 0.2) is 18.2 Å². The molecule has 0 radical (unpaired) electrons. The predicted octanol–water partition coefficient (Wildman–Crippen LogP) is 1.35. The number of rotatable bonds is 5. The van der Waals surface area contributed by atoms with Crippen LogP contribution in [-0.2, 0) is 14.3 Å². The van der Waals surface area contributed by atoms with Crippen LogP contribution in [0, 0.1) is 0 Å². The van der Waals surface area contributed by atoms with Crippen LogP contribution in [0.5, 0.6) is 11.5 Å². The normalized spacial score (nSPS) is 20.8. The van der Waals surface area contributed by atoms with Crippen LogP contribution in [0.25, 0.3) is 0 Å². The highest BCUT2D eigenvalue weighted by atomic mass is 16.7. The molecule has 1 saturated carbocycles. The van der Waals surface area contributed by atoms with Gasteiger partial charge >= 0.3 is 11.8 Å². The number of ether oxygens (including phenoxy) is 3. The second-order valence-electron chi connectivity index (χ2n) is 7.80. The average molecular weight is 403 g/mol. The van der Waals surface area contributed by atoms with Crippen molar-refractivity contribution >= 4 is 11.8 Å². The number of benzene rings is 1. The molecule has 1 aromatic carbocycles. The molecule has 2 amide bonds. The zero-order chi connectivity index (χ0) is 20.1. The van der Waals surface area contributed by atoms with Crippen LogP contribution in [-0.4, -0.2) is 62.4 Å². The van der Waals surface area contributed by atoms with Crippen molar-refractivity contribution in [2.75, 3.05) is 39.6 Å². The Kier molecular flexibility index (Phi) is 6.51. The van der Waals surface area contributed by atoms with Gasteiger partial charge in [-0.15, -0.1) is 0 Å². The largest absolute Gasteiger partial charge is 0.454 e. The van der Waals surface area contributed by atoms with Gasteiger partial charge in [0.25, 0.3) is 0 Å². The van der Waals surface area contributed by atoms with E-state index in [2.05, 4.69) is 15.5 Å². The molecule has 0 bridgehead atoms. The minimum absolute atomic E-state index is 0.0696. The number of amides is 2. The summed E-state index contributed by atoms with van der Waals surface area (Å²) in [7, 11) is 0. The summed E-state index contributed by atoms with van der Waals surface area (Å²) in [6.07, 6.45) is 5.32. The van der Waals surface area contributed by atoms with E-state index in [0.717, 1.165) is 50.1 Å². The molecular formula is C21H29N3O5. The number of morpholine rings is 1. The Morgan fingerprint density at radius 3 is 2.59 bits per heavy atom. The Balaban J connectivity index is 1.40. The molecule has 158 valence electrons. The lowest BCUT2D eigenvalue weighted by Crippen LogP contribution is -2.48. The van der Waals surface area contributed by atoms with Crippen LogP contribution in [0.1, 0.15) is 43.7 Å². The molecule has 29 heavy (non-hydrogen) atoms. The van der Waals surface area contributed by atoms with E-state index in [9.17, 15) is 9.59 Å². The molecule has 0 spiro atoms. The van der Waals surface area contributed by atoms with Gasteiger partial charge in [0, 0.05) is 25.7 Å². The summed E-state index contributed by atoms with van der Waals surface area (Å²) in [5.41, 5.74) is 1.02. The lowest BCUT2D eigenvalue weighted by molar-refractivity contribution is -0.140. The third-order valence-electron chi connectivity index (χ3n) is 5.87. The number of carbonyl (C=O) groups excluding carboxylic acids is 2. The zero-order valence-corrected chi connectivity index (χ0v) is 16.7. The van der Waals surface area contributed by atoms with Crippen LogP contribution in [0.4, 0.5) is 0 Å². The monoisotopic (exact) mass is 403 g/mol. The van der Waals surface area contributed by atoms with Crippen molar-refractivity contribution in [1.29, 1.82) is 0 Å². The fourth-order valence-electron chi connectivity index (χ4n) is 4.23. The van der Waals surface area contributed by atoms with Crippen LogP contribution < -0.4 is 20.1 Å². The van der Waals surface area contributed by atoms with E-state index in [1.54, 1.807) is 0 Å². The van der Waals surface area contributed by atoms with Gasteiger partial charge in [0.15, 0.2) is 11.5 Å². The van der Waals surface area contributed by atoms with E-state index in [0.29, 0.717) is 25.5 Å². The van der Waals surface area contributed by atoms with E-state index in [4.69, 9.17) is 14.2 Å². The molecule has 0 aromatic heterocycles. The second kappa shape index (κ2) is 9.45. The fourth-order valence-corrected chi connectivity index (χ4v) is 4.23. The van der Waals surface area contributed by atoms with Crippen LogP contribution in [0.2, 0.25) is 0 Å². The molecular weight excluding hydrogens is 374 g/mol. The summed E-state index contributed by atoms with van der Waals surface area (Å²) in [6, 6.07) is 5.88. The van der Waals surface area contributed by atoms with Crippen LogP contribution in [0.3, 0.4) is 0 Å². The van der Waals surface area contributed by atoms with E-state index in [1.165, 1.54) is 6.42 Å². The summed E-state index contributed by atoms with van der Waals surface area (Å²) >= 11 is 0. The SMILES string of the molecule is O=C(NC[C@H](c1ccc2c(c1)OCO2)N1CCOCC1)C(=O)NC1CCCCC1. The molecule has 1 aliphatic carbocycles. The summed E-state index contributed by atoms with van der Waals surface area (Å²) in [5.74, 6) is 0.324. The number of hydrogen-bond donors (Lipinski definition) is 2. The predicted molar refractivity (Wildman–Crippen MR) is 106 cm³/mol. The maximum atomic E-state index is 12.4. The van der Waals surface area contributed by atoms with Crippen molar-refractivity contribution in [3.05, 3.63) is 23.8 Å². The first kappa shape index (κ1) is 20.0. The number of fused-ring (bicyclic) bond motifs is 1. The van der Waals surface area contributed by atoms with Gasteiger partial charge in [-0.1, -0.05) is 25.3 Å². The minimum Gasteiger partial charge on any atom is -0.454 e. The van der Waals surface area contributed by atoms with Crippen molar-refractivity contribution in [3.8, 4) is 11.5 Å². The van der Waals surface area contributed by atoms with Gasteiger partial charge in [-0.2, -0.15) is 0 Å². The summed E-state index contributed by atoms with van der Waals surface area (Å²) < 4.78 is 16.4. The van der Waals surface area contributed by atoms with Gasteiger partial charge in [0.1, 0.15) is 0 Å². The number of hydrogen-bond acceptors (Lipinski definition) is 6. The maximum absolute atomic E-state index is 12.4. The number of carbonyl (C=O) groups is 2. The van der Waals surface area contributed by atoms with Gasteiger partial charge in [0.2, 0.25) is 6.79 Å². The summed E-state index contributed by atoms with van der Waals surface area (Å²) in [5, 5.41) is 5.70. The molecule has 1 atom stereocenters. The lowest BCUT2D eigenvalue weighted by Gasteiger charge is -2.35. The van der Waals surface area contributed by atoms with E-state index in [-0.39, 0.29) is 18.9 Å². The molecule has 2 N–H and O–H groups in total. The standard InChI is InChI=1S/C21H29N3O5/c25-20(21(26)23-16-4-2-1-3-5-16)22-13-17(24-8-10-27-11-9-24)15-6-7-18-19(12-15)29-14-28-18/h6-7,12,16-17H,1-5,8-11,13-14H2,(H,22,25)(H,23,26)/t17-/m1/s1. The third-order valence-corrected chi connectivity index (χ3v) is 5.87. The van der Waals surface area contributed by atoms with Crippen molar-refractivity contribution in [2.45, 2.75) is 44.2 Å². The van der Waals surface area contributed by atoms with E-state index >= 15 is 0 Å². The van der Waals surface area contributed by atoms with Gasteiger partial charge in [0.05, 0.1) is 19.3 Å². The first-order chi connectivity index (χ1) is 14.2. The molecule has 2 fully saturated rings. The Morgan fingerprint density at radius 1 is 1.03 bits per heavy atom. The molecule has 4 rings (SSSR count). The smallest absolute Gasteiger partial charge is 0.309 e. The van der Waals surface area contributed by atoms with Crippen molar-refractivity contribution in [3.63, 3.8) is 0 Å². The Labute approximate surface area is 170 Å². The molecule has 0 unspecified atom stereocenters. The Hall–Kier alpha value is -2.32. The Bertz CT molecular complexity index is 729. The highest BCUT2D eigenvalue weighted by Crippen LogP contribution is 2.35. The first-order valence-electron chi connectivity index (χ1n) is 10.5. The van der Waals surface area contributed by atoms with Crippen LogP contribution >= 0.6 is 0 Å². The molecule has 1 aromatic rings. The first-order valence-corrected chi connectivity index (χ1v) is 10.5. The highest BCUT2D eigenvalue weighted by Gasteiger charge is 2.27. The molecule has 8 heteroatoms. The molecule has 2 heterocycles. The van der Waals surface area contributed by atoms with Gasteiger partial charge in [-0.05, 0) is 30.5 Å². The molecule has 2 aliphatic heterocycles. The van der Waals surface area contributed by atoms with E-state index < -0.39 is 11.8 Å². The summed E-state index contributed by atoms with van der Waals surface area (Å²) in [4.78, 5) is 27.0. The molecule has 3 aliphatic rings. The minimum atomic E-state index is -0.574. The molecule has 8 nitrogen and oxygen atoms in total. The quantitative estimate of drug-likeness (QED) is 0.722. The fraction of sp³-hybridized carbons (Fsp3) is 0.619. The van der Waals surface area contributed by atoms with Gasteiger partial charge < -0.3 is 24.8 Å². The van der Waals surface area contributed by atoms with Gasteiger partial charge in [-0.25, -0.2) is 0 Å². The van der Waals surface area contributed by atoms with Gasteiger partial charge in [-0.3, -0.25) is 14.5 Å². The maximum Gasteiger partial charge on any atom is 0.309 e. The third kappa shape index (κ3) is 5.00. The number of nitrogens with one attached hydrogen (secondary N) is 2. The highest BCUT2D eigenvalue weighted by molar-refractivity contribution is 6.35. The number of nitrogens with zero attached hydrogens (tertiary/aromatic N) is 1. The zero-order valence-electron chi connectivity index (χ0n) is 16.7. The van der Waals surface area contributed by atoms with Crippen molar-refractivity contribution in [1.82, 2.24) is 15.5 Å². The van der Waals surface area contributed by atoms with Crippen molar-refractivity contribution in [2.24, 2.45) is 0 Å². The Morgan fingerprint density at radius 2 is 1.79 bits per heavy atom. The topological polar surface area (TPSA) is 89.1 Å². The lowest BCUT2D eigenvalue weighted by atomic mass is 9.95. The summed E-state index contributed by atoms with van der Waals surface area (Å²) in [6.45, 7) is 3.40. The van der Waals surface area contributed by atoms with E-state index in [1.807, 2.05) is 18.2 Å². The van der Waals surface area contributed by atoms with Crippen molar-refractivity contribution < 1.29 is 23.8 Å². The molecule has 1 saturated heterocycles. The second-order valence-corrected chi connectivity index (χ2v) is 7.80.